The highest BCUT2D eigenvalue weighted by molar-refractivity contribution is 5.94. The van der Waals surface area contributed by atoms with E-state index < -0.39 is 60.2 Å². The van der Waals surface area contributed by atoms with Gasteiger partial charge in [0.2, 0.25) is 23.6 Å². The van der Waals surface area contributed by atoms with Crippen LogP contribution in [0.1, 0.15) is 53.9 Å². The van der Waals surface area contributed by atoms with E-state index in [9.17, 15) is 29.1 Å². The van der Waals surface area contributed by atoms with E-state index in [0.717, 1.165) is 0 Å². The fourth-order valence-corrected chi connectivity index (χ4v) is 2.65. The Morgan fingerprint density at radius 2 is 1.10 bits per heavy atom. The Morgan fingerprint density at radius 1 is 0.733 bits per heavy atom. The van der Waals surface area contributed by atoms with Crippen molar-refractivity contribution in [1.82, 2.24) is 16.0 Å². The highest BCUT2D eigenvalue weighted by Gasteiger charge is 2.31. The van der Waals surface area contributed by atoms with Gasteiger partial charge >= 0.3 is 5.97 Å². The number of aliphatic carboxylic acids is 1. The van der Waals surface area contributed by atoms with Gasteiger partial charge in [-0.15, -0.1) is 0 Å². The zero-order valence-corrected chi connectivity index (χ0v) is 18.2. The van der Waals surface area contributed by atoms with Gasteiger partial charge in [-0.05, 0) is 31.6 Å². The van der Waals surface area contributed by atoms with Crippen LogP contribution in [0, 0.1) is 11.8 Å². The van der Waals surface area contributed by atoms with Crippen LogP contribution in [0.4, 0.5) is 0 Å². The molecule has 0 bridgehead atoms. The minimum Gasteiger partial charge on any atom is -0.480 e. The third kappa shape index (κ3) is 10.7. The number of amides is 4. The fraction of sp³-hybridized carbons (Fsp3) is 0.737. The summed E-state index contributed by atoms with van der Waals surface area (Å²) in [6, 6.07) is -4.29. The SMILES string of the molecule is CC(C)CC(NC(=O)C(C)N)C(=O)NC(CC(C)C)C(=O)NC(CC(N)=O)C(=O)O. The molecule has 0 saturated heterocycles. The molecule has 0 aromatic rings. The molecule has 172 valence electrons. The van der Waals surface area contributed by atoms with Gasteiger partial charge in [-0.1, -0.05) is 27.7 Å². The number of carbonyl (C=O) groups excluding carboxylic acids is 4. The molecule has 0 spiro atoms. The lowest BCUT2D eigenvalue weighted by molar-refractivity contribution is -0.144. The standard InChI is InChI=1S/C19H35N5O6/c1-9(2)6-12(22-16(26)11(5)20)17(27)23-13(7-10(3)4)18(28)24-14(19(29)30)8-15(21)25/h9-14H,6-8,20H2,1-5H3,(H2,21,25)(H,22,26)(H,23,27)(H,24,28)(H,29,30). The number of rotatable bonds is 13. The number of hydrogen-bond donors (Lipinski definition) is 6. The second kappa shape index (κ2) is 12.8. The Balaban J connectivity index is 5.45. The molecule has 30 heavy (non-hydrogen) atoms. The van der Waals surface area contributed by atoms with E-state index in [1.54, 1.807) is 0 Å². The van der Waals surface area contributed by atoms with Crippen molar-refractivity contribution in [3.05, 3.63) is 0 Å². The smallest absolute Gasteiger partial charge is 0.326 e. The Morgan fingerprint density at radius 3 is 1.40 bits per heavy atom. The van der Waals surface area contributed by atoms with Crippen LogP contribution >= 0.6 is 0 Å². The van der Waals surface area contributed by atoms with E-state index >= 15 is 0 Å². The molecule has 0 aliphatic heterocycles. The second-order valence-electron chi connectivity index (χ2n) is 8.24. The highest BCUT2D eigenvalue weighted by atomic mass is 16.4. The van der Waals surface area contributed by atoms with Crippen molar-refractivity contribution in [1.29, 1.82) is 0 Å². The zero-order valence-electron chi connectivity index (χ0n) is 18.2. The molecule has 11 nitrogen and oxygen atoms in total. The fourth-order valence-electron chi connectivity index (χ4n) is 2.65. The number of carbonyl (C=O) groups is 5. The molecule has 4 unspecified atom stereocenters. The predicted molar refractivity (Wildman–Crippen MR) is 110 cm³/mol. The summed E-state index contributed by atoms with van der Waals surface area (Å²) in [5.41, 5.74) is 10.6. The molecule has 0 fully saturated rings. The number of nitrogens with two attached hydrogens (primary N) is 2. The van der Waals surface area contributed by atoms with Gasteiger partial charge in [-0.2, -0.15) is 0 Å². The molecular weight excluding hydrogens is 394 g/mol. The van der Waals surface area contributed by atoms with E-state index in [2.05, 4.69) is 16.0 Å². The molecule has 0 aromatic carbocycles. The van der Waals surface area contributed by atoms with Gasteiger partial charge in [0.05, 0.1) is 12.5 Å². The number of nitrogens with one attached hydrogen (secondary N) is 3. The average molecular weight is 430 g/mol. The van der Waals surface area contributed by atoms with Crippen molar-refractivity contribution in [2.24, 2.45) is 23.3 Å². The summed E-state index contributed by atoms with van der Waals surface area (Å²) in [5, 5.41) is 16.6. The predicted octanol–water partition coefficient (Wildman–Crippen LogP) is -1.16. The van der Waals surface area contributed by atoms with E-state index in [1.807, 2.05) is 27.7 Å². The average Bonchev–Trinajstić information content (AvgIpc) is 2.58. The van der Waals surface area contributed by atoms with E-state index in [0.29, 0.717) is 6.42 Å². The normalized spacial score (nSPS) is 15.1. The van der Waals surface area contributed by atoms with Gasteiger partial charge in [-0.25, -0.2) is 4.79 Å². The summed E-state index contributed by atoms with van der Waals surface area (Å²) in [6.45, 7) is 8.89. The maximum Gasteiger partial charge on any atom is 0.326 e. The summed E-state index contributed by atoms with van der Waals surface area (Å²) < 4.78 is 0. The summed E-state index contributed by atoms with van der Waals surface area (Å²) in [4.78, 5) is 59.7. The maximum absolute atomic E-state index is 12.8. The van der Waals surface area contributed by atoms with Crippen LogP contribution in [0.5, 0.6) is 0 Å². The number of hydrogen-bond acceptors (Lipinski definition) is 6. The molecule has 8 N–H and O–H groups in total. The third-order valence-corrected chi connectivity index (χ3v) is 4.11. The van der Waals surface area contributed by atoms with Gasteiger partial charge < -0.3 is 32.5 Å². The molecule has 0 aliphatic carbocycles. The monoisotopic (exact) mass is 429 g/mol. The van der Waals surface area contributed by atoms with Crippen LogP contribution in [0.15, 0.2) is 0 Å². The first kappa shape index (κ1) is 27.3. The minimum absolute atomic E-state index is 0.0114. The molecular formula is C19H35N5O6. The molecule has 11 heteroatoms. The topological polar surface area (TPSA) is 194 Å². The largest absolute Gasteiger partial charge is 0.480 e. The number of carboxylic acid groups (broad SMARTS) is 1. The van der Waals surface area contributed by atoms with Crippen molar-refractivity contribution in [2.75, 3.05) is 0 Å². The lowest BCUT2D eigenvalue weighted by Gasteiger charge is -2.26. The molecule has 0 heterocycles. The van der Waals surface area contributed by atoms with E-state index in [-0.39, 0.29) is 18.3 Å². The summed E-state index contributed by atoms with van der Waals surface area (Å²) in [5.74, 6) is -4.09. The van der Waals surface area contributed by atoms with Crippen LogP contribution in [0.3, 0.4) is 0 Å². The molecule has 4 amide bonds. The van der Waals surface area contributed by atoms with E-state index in [4.69, 9.17) is 11.5 Å². The van der Waals surface area contributed by atoms with Gasteiger partial charge in [0, 0.05) is 0 Å². The second-order valence-corrected chi connectivity index (χ2v) is 8.24. The molecule has 0 aliphatic rings. The minimum atomic E-state index is -1.51. The zero-order chi connectivity index (χ0) is 23.6. The Hall–Kier alpha value is -2.69. The number of carboxylic acids is 1. The molecule has 4 atom stereocenters. The van der Waals surface area contributed by atoms with Gasteiger partial charge in [0.15, 0.2) is 0 Å². The first-order chi connectivity index (χ1) is 13.7. The Bertz CT molecular complexity index is 635. The van der Waals surface area contributed by atoms with Crippen molar-refractivity contribution in [3.63, 3.8) is 0 Å². The van der Waals surface area contributed by atoms with Crippen LogP contribution in [0.2, 0.25) is 0 Å². The van der Waals surface area contributed by atoms with Crippen LogP contribution in [-0.2, 0) is 24.0 Å². The molecule has 0 radical (unpaired) electrons. The van der Waals surface area contributed by atoms with Crippen LogP contribution < -0.4 is 27.4 Å². The van der Waals surface area contributed by atoms with Gasteiger partial charge in [0.1, 0.15) is 18.1 Å². The Kier molecular flexibility index (Phi) is 11.6. The Labute approximate surface area is 176 Å². The van der Waals surface area contributed by atoms with Crippen LogP contribution in [-0.4, -0.2) is 58.9 Å². The third-order valence-electron chi connectivity index (χ3n) is 4.11. The summed E-state index contributed by atoms with van der Waals surface area (Å²) in [6.07, 6.45) is -0.0420. The quantitative estimate of drug-likeness (QED) is 0.212. The highest BCUT2D eigenvalue weighted by Crippen LogP contribution is 2.09. The summed E-state index contributed by atoms with van der Waals surface area (Å²) >= 11 is 0. The molecule has 0 aromatic heterocycles. The van der Waals surface area contributed by atoms with Crippen molar-refractivity contribution in [3.8, 4) is 0 Å². The summed E-state index contributed by atoms with van der Waals surface area (Å²) in [7, 11) is 0. The first-order valence-electron chi connectivity index (χ1n) is 9.92. The first-order valence-corrected chi connectivity index (χ1v) is 9.92. The van der Waals surface area contributed by atoms with Crippen molar-refractivity contribution >= 4 is 29.6 Å². The molecule has 0 rings (SSSR count). The maximum atomic E-state index is 12.8. The van der Waals surface area contributed by atoms with Gasteiger partial charge in [-0.3, -0.25) is 19.2 Å². The lowest BCUT2D eigenvalue weighted by atomic mass is 9.99. The van der Waals surface area contributed by atoms with Crippen molar-refractivity contribution < 1.29 is 29.1 Å². The van der Waals surface area contributed by atoms with Crippen molar-refractivity contribution in [2.45, 2.75) is 78.0 Å². The van der Waals surface area contributed by atoms with E-state index in [1.165, 1.54) is 6.92 Å². The lowest BCUT2D eigenvalue weighted by Crippen LogP contribution is -2.57. The number of primary amides is 1. The van der Waals surface area contributed by atoms with Gasteiger partial charge in [0.25, 0.3) is 0 Å². The molecule has 0 saturated carbocycles. The van der Waals surface area contributed by atoms with Crippen LogP contribution in [0.25, 0.3) is 0 Å².